The first kappa shape index (κ1) is 22.9. The molecule has 0 aromatic carbocycles. The van der Waals surface area contributed by atoms with E-state index >= 15 is 0 Å². The Hall–Kier alpha value is -2.19. The monoisotopic (exact) mass is 396 g/mol. The minimum atomic E-state index is -0.584. The van der Waals surface area contributed by atoms with Gasteiger partial charge in [-0.3, -0.25) is 9.69 Å². The zero-order chi connectivity index (χ0) is 20.6. The third-order valence-corrected chi connectivity index (χ3v) is 5.32. The number of ether oxygens (including phenoxy) is 2. The molecule has 0 radical (unpaired) electrons. The number of likely N-dealkylation sites (N-methyl/N-ethyl adjacent to an activating group) is 1. The van der Waals surface area contributed by atoms with Gasteiger partial charge in [0.25, 0.3) is 0 Å². The molecule has 8 heteroatoms. The van der Waals surface area contributed by atoms with Crippen LogP contribution < -0.4 is 5.32 Å². The Bertz CT molecular complexity index is 699. The summed E-state index contributed by atoms with van der Waals surface area (Å²) < 4.78 is 10.1. The first-order valence-corrected chi connectivity index (χ1v) is 9.66. The lowest BCUT2D eigenvalue weighted by Gasteiger charge is -2.22. The number of hydrogen-bond acceptors (Lipinski definition) is 7. The first-order chi connectivity index (χ1) is 12.8. The van der Waals surface area contributed by atoms with Gasteiger partial charge in [0.05, 0.1) is 18.7 Å². The minimum absolute atomic E-state index is 0.0618. The van der Waals surface area contributed by atoms with Crippen molar-refractivity contribution in [2.24, 2.45) is 0 Å². The molecule has 0 spiro atoms. The van der Waals surface area contributed by atoms with E-state index in [1.54, 1.807) is 13.8 Å². The van der Waals surface area contributed by atoms with Crippen molar-refractivity contribution in [2.45, 2.75) is 40.2 Å². The topological polar surface area (TPSA) is 84.9 Å². The van der Waals surface area contributed by atoms with Crippen LogP contribution in [0.5, 0.6) is 0 Å². The largest absolute Gasteiger partial charge is 0.462 e. The molecule has 0 aliphatic rings. The number of nitrogens with one attached hydrogen (secondary N) is 1. The number of nitrogens with zero attached hydrogens (tertiary/aromatic N) is 1. The van der Waals surface area contributed by atoms with Crippen molar-refractivity contribution in [3.63, 3.8) is 0 Å². The summed E-state index contributed by atoms with van der Waals surface area (Å²) in [6.45, 7) is 11.3. The van der Waals surface area contributed by atoms with E-state index in [9.17, 15) is 14.4 Å². The molecule has 150 valence electrons. The van der Waals surface area contributed by atoms with Gasteiger partial charge in [0.2, 0.25) is 5.91 Å². The predicted molar refractivity (Wildman–Crippen MR) is 107 cm³/mol. The molecule has 1 heterocycles. The number of rotatable bonds is 10. The highest BCUT2D eigenvalue weighted by Crippen LogP contribution is 2.34. The van der Waals surface area contributed by atoms with Gasteiger partial charge in [-0.05, 0) is 39.8 Å². The van der Waals surface area contributed by atoms with Crippen LogP contribution in [-0.4, -0.2) is 55.6 Å². The van der Waals surface area contributed by atoms with Crippen LogP contribution in [0.2, 0.25) is 0 Å². The Morgan fingerprint density at radius 2 is 1.93 bits per heavy atom. The predicted octanol–water partition coefficient (Wildman–Crippen LogP) is 3.24. The Labute approximate surface area is 164 Å². The number of amides is 1. The summed E-state index contributed by atoms with van der Waals surface area (Å²) in [7, 11) is 1.86. The van der Waals surface area contributed by atoms with Crippen molar-refractivity contribution in [2.75, 3.05) is 32.1 Å². The lowest BCUT2D eigenvalue weighted by Crippen LogP contribution is -2.36. The van der Waals surface area contributed by atoms with E-state index in [1.807, 2.05) is 25.8 Å². The molecule has 1 amide bonds. The quantitative estimate of drug-likeness (QED) is 0.483. The number of thiophene rings is 1. The minimum Gasteiger partial charge on any atom is -0.462 e. The Morgan fingerprint density at radius 3 is 2.48 bits per heavy atom. The molecule has 0 aliphatic heterocycles. The van der Waals surface area contributed by atoms with Gasteiger partial charge in [-0.2, -0.15) is 0 Å². The summed E-state index contributed by atoms with van der Waals surface area (Å²) in [6, 6.07) is 0.245. The van der Waals surface area contributed by atoms with Crippen LogP contribution in [0.15, 0.2) is 12.7 Å². The second-order valence-corrected chi connectivity index (χ2v) is 7.11. The third-order valence-electron chi connectivity index (χ3n) is 4.13. The van der Waals surface area contributed by atoms with Gasteiger partial charge in [-0.1, -0.05) is 19.6 Å². The maximum absolute atomic E-state index is 12.4. The number of esters is 2. The summed E-state index contributed by atoms with van der Waals surface area (Å²) in [5.41, 5.74) is 0.616. The average molecular weight is 397 g/mol. The van der Waals surface area contributed by atoms with Gasteiger partial charge >= 0.3 is 11.9 Å². The highest BCUT2D eigenvalue weighted by molar-refractivity contribution is 7.18. The van der Waals surface area contributed by atoms with Crippen LogP contribution >= 0.6 is 11.3 Å². The number of carbonyl (C=O) groups is 3. The first-order valence-electron chi connectivity index (χ1n) is 8.85. The summed E-state index contributed by atoms with van der Waals surface area (Å²) >= 11 is 1.01. The van der Waals surface area contributed by atoms with Gasteiger partial charge in [0.15, 0.2) is 0 Å². The van der Waals surface area contributed by atoms with Crippen molar-refractivity contribution in [1.82, 2.24) is 4.90 Å². The fraction of sp³-hybridized carbons (Fsp3) is 0.526. The molecule has 1 aromatic rings. The average Bonchev–Trinajstić information content (AvgIpc) is 2.94. The van der Waals surface area contributed by atoms with E-state index in [-0.39, 0.29) is 42.1 Å². The van der Waals surface area contributed by atoms with E-state index in [4.69, 9.17) is 9.47 Å². The summed E-state index contributed by atoms with van der Waals surface area (Å²) in [4.78, 5) is 39.2. The van der Waals surface area contributed by atoms with Gasteiger partial charge in [0.1, 0.15) is 16.5 Å². The Balaban J connectivity index is 3.12. The zero-order valence-electron chi connectivity index (χ0n) is 16.6. The fourth-order valence-electron chi connectivity index (χ4n) is 2.31. The van der Waals surface area contributed by atoms with Gasteiger partial charge in [0, 0.05) is 6.04 Å². The molecule has 1 aromatic heterocycles. The molecular weight excluding hydrogens is 368 g/mol. The van der Waals surface area contributed by atoms with Crippen LogP contribution in [0.4, 0.5) is 5.00 Å². The van der Waals surface area contributed by atoms with Crippen LogP contribution in [-0.2, 0) is 14.3 Å². The molecular formula is C19H28N2O5S. The molecule has 0 saturated carbocycles. The van der Waals surface area contributed by atoms with Crippen molar-refractivity contribution in [3.8, 4) is 0 Å². The number of anilines is 1. The van der Waals surface area contributed by atoms with Crippen LogP contribution in [0.1, 0.15) is 52.8 Å². The molecule has 1 N–H and O–H groups in total. The normalized spacial score (nSPS) is 11.8. The molecule has 7 nitrogen and oxygen atoms in total. The van der Waals surface area contributed by atoms with Crippen molar-refractivity contribution in [3.05, 3.63) is 28.7 Å². The Kier molecular flexibility index (Phi) is 9.17. The molecule has 27 heavy (non-hydrogen) atoms. The van der Waals surface area contributed by atoms with E-state index in [2.05, 4.69) is 11.9 Å². The molecule has 0 aliphatic carbocycles. The van der Waals surface area contributed by atoms with E-state index in [0.717, 1.165) is 17.8 Å². The van der Waals surface area contributed by atoms with Crippen LogP contribution in [0.25, 0.3) is 0 Å². The molecule has 1 rings (SSSR count). The third kappa shape index (κ3) is 6.18. The van der Waals surface area contributed by atoms with Gasteiger partial charge < -0.3 is 14.8 Å². The highest BCUT2D eigenvalue weighted by Gasteiger charge is 2.27. The maximum Gasteiger partial charge on any atom is 0.348 e. The maximum atomic E-state index is 12.4. The summed E-state index contributed by atoms with van der Waals surface area (Å²) in [5.74, 6) is -1.42. The number of carbonyl (C=O) groups excluding carboxylic acids is 3. The fourth-order valence-corrected chi connectivity index (χ4v) is 3.41. The van der Waals surface area contributed by atoms with Crippen molar-refractivity contribution >= 4 is 34.2 Å². The molecule has 0 fully saturated rings. The van der Waals surface area contributed by atoms with Gasteiger partial charge in [-0.15, -0.1) is 11.3 Å². The second kappa shape index (κ2) is 10.8. The van der Waals surface area contributed by atoms with E-state index in [0.29, 0.717) is 10.6 Å². The summed E-state index contributed by atoms with van der Waals surface area (Å²) in [6.07, 6.45) is 2.37. The SMILES string of the molecule is C=CCOC(=O)c1sc(NC(=O)CN(C)C(C)CC)c(C(=O)OCC)c1C. The highest BCUT2D eigenvalue weighted by atomic mass is 32.1. The van der Waals surface area contributed by atoms with E-state index in [1.165, 1.54) is 6.08 Å². The molecule has 0 bridgehead atoms. The smallest absolute Gasteiger partial charge is 0.348 e. The second-order valence-electron chi connectivity index (χ2n) is 6.09. The molecule has 0 saturated heterocycles. The van der Waals surface area contributed by atoms with Crippen molar-refractivity contribution in [1.29, 1.82) is 0 Å². The van der Waals surface area contributed by atoms with Crippen LogP contribution in [0.3, 0.4) is 0 Å². The van der Waals surface area contributed by atoms with Crippen LogP contribution in [0, 0.1) is 6.92 Å². The van der Waals surface area contributed by atoms with Gasteiger partial charge in [-0.25, -0.2) is 9.59 Å². The number of hydrogen-bond donors (Lipinski definition) is 1. The molecule has 1 atom stereocenters. The zero-order valence-corrected chi connectivity index (χ0v) is 17.4. The van der Waals surface area contributed by atoms with E-state index < -0.39 is 11.9 Å². The lowest BCUT2D eigenvalue weighted by molar-refractivity contribution is -0.117. The Morgan fingerprint density at radius 1 is 1.26 bits per heavy atom. The summed E-state index contributed by atoms with van der Waals surface area (Å²) in [5, 5.41) is 3.03. The molecule has 1 unspecified atom stereocenters. The standard InChI is InChI=1S/C19H28N2O5S/c1-7-10-26-19(24)16-13(5)15(18(23)25-9-3)17(27-16)20-14(22)11-21(6)12(4)8-2/h7,12H,1,8-11H2,2-6H3,(H,20,22). The lowest BCUT2D eigenvalue weighted by atomic mass is 10.1. The van der Waals surface area contributed by atoms with Crippen molar-refractivity contribution < 1.29 is 23.9 Å².